The molecule has 4 rings (SSSR count). The molecule has 1 saturated heterocycles. The first kappa shape index (κ1) is 22.6. The van der Waals surface area contributed by atoms with Crippen LogP contribution in [-0.4, -0.2) is 63.8 Å². The Labute approximate surface area is 191 Å². The van der Waals surface area contributed by atoms with Gasteiger partial charge in [-0.1, -0.05) is 13.0 Å². The topological polar surface area (TPSA) is 54.0 Å². The van der Waals surface area contributed by atoms with Crippen molar-refractivity contribution < 1.29 is 14.3 Å². The summed E-state index contributed by atoms with van der Waals surface area (Å²) in [4.78, 5) is 17.3. The third-order valence-electron chi connectivity index (χ3n) is 6.50. The zero-order chi connectivity index (χ0) is 22.3. The quantitative estimate of drug-likeness (QED) is 0.683. The van der Waals surface area contributed by atoms with E-state index in [2.05, 4.69) is 46.3 Å². The summed E-state index contributed by atoms with van der Waals surface area (Å²) in [5, 5.41) is 2.97. The minimum atomic E-state index is 0.0208. The van der Waals surface area contributed by atoms with Gasteiger partial charge in [0.05, 0.1) is 19.8 Å². The molecule has 172 valence electrons. The average Bonchev–Trinajstić information content (AvgIpc) is 2.86. The normalized spacial score (nSPS) is 18.8. The van der Waals surface area contributed by atoms with Gasteiger partial charge in [0.15, 0.2) is 0 Å². The summed E-state index contributed by atoms with van der Waals surface area (Å²) >= 11 is 0. The van der Waals surface area contributed by atoms with Gasteiger partial charge in [-0.05, 0) is 66.8 Å². The number of carbonyl (C=O) groups excluding carboxylic acids is 1. The van der Waals surface area contributed by atoms with Crippen LogP contribution in [0.2, 0.25) is 0 Å². The standard InChI is InChI=1S/C26H35N3O3/c1-3-12-27-26(30)21-4-9-24-20(19-21)11-18-32-25(24)10-13-28-14-16-29(17-15-28)22-5-7-23(31-2)8-6-22/h4-9,19,25H,3,10-18H2,1-2H3,(H,27,30). The highest BCUT2D eigenvalue weighted by atomic mass is 16.5. The first-order valence-corrected chi connectivity index (χ1v) is 11.8. The molecule has 2 aliphatic rings. The molecule has 2 aromatic rings. The Balaban J connectivity index is 1.29. The van der Waals surface area contributed by atoms with E-state index in [4.69, 9.17) is 9.47 Å². The number of amides is 1. The lowest BCUT2D eigenvalue weighted by molar-refractivity contribution is 0.0288. The summed E-state index contributed by atoms with van der Waals surface area (Å²) in [5.41, 5.74) is 4.52. The zero-order valence-corrected chi connectivity index (χ0v) is 19.3. The number of piperazine rings is 1. The smallest absolute Gasteiger partial charge is 0.251 e. The van der Waals surface area contributed by atoms with E-state index in [0.717, 1.165) is 69.9 Å². The van der Waals surface area contributed by atoms with Gasteiger partial charge in [0.2, 0.25) is 0 Å². The molecule has 1 amide bonds. The number of nitrogens with zero attached hydrogens (tertiary/aromatic N) is 2. The second-order valence-electron chi connectivity index (χ2n) is 8.59. The van der Waals surface area contributed by atoms with Crippen LogP contribution in [0.5, 0.6) is 5.75 Å². The van der Waals surface area contributed by atoms with Crippen molar-refractivity contribution in [2.75, 3.05) is 57.9 Å². The second kappa shape index (κ2) is 10.8. The van der Waals surface area contributed by atoms with Gasteiger partial charge < -0.3 is 19.7 Å². The van der Waals surface area contributed by atoms with Crippen molar-refractivity contribution >= 4 is 11.6 Å². The number of hydrogen-bond donors (Lipinski definition) is 1. The fraction of sp³-hybridized carbons (Fsp3) is 0.500. The highest BCUT2D eigenvalue weighted by Crippen LogP contribution is 2.31. The third kappa shape index (κ3) is 5.43. The molecule has 2 heterocycles. The van der Waals surface area contributed by atoms with E-state index < -0.39 is 0 Å². The number of rotatable bonds is 8. The van der Waals surface area contributed by atoms with Crippen LogP contribution in [0.15, 0.2) is 42.5 Å². The number of hydrogen-bond acceptors (Lipinski definition) is 5. The minimum Gasteiger partial charge on any atom is -0.497 e. The molecule has 0 spiro atoms. The summed E-state index contributed by atoms with van der Waals surface area (Å²) < 4.78 is 11.4. The molecule has 0 saturated carbocycles. The number of carbonyl (C=O) groups is 1. The molecule has 0 aliphatic carbocycles. The zero-order valence-electron chi connectivity index (χ0n) is 19.3. The van der Waals surface area contributed by atoms with E-state index in [1.54, 1.807) is 7.11 Å². The van der Waals surface area contributed by atoms with Crippen molar-refractivity contribution in [3.63, 3.8) is 0 Å². The minimum absolute atomic E-state index is 0.0208. The highest BCUT2D eigenvalue weighted by molar-refractivity contribution is 5.94. The molecule has 1 unspecified atom stereocenters. The Kier molecular flexibility index (Phi) is 7.66. The first-order chi connectivity index (χ1) is 15.7. The lowest BCUT2D eigenvalue weighted by Crippen LogP contribution is -2.46. The molecule has 2 aliphatic heterocycles. The van der Waals surface area contributed by atoms with Crippen LogP contribution < -0.4 is 15.0 Å². The van der Waals surface area contributed by atoms with Crippen molar-refractivity contribution in [1.29, 1.82) is 0 Å². The van der Waals surface area contributed by atoms with Crippen molar-refractivity contribution in [2.24, 2.45) is 0 Å². The van der Waals surface area contributed by atoms with E-state index in [-0.39, 0.29) is 12.0 Å². The number of benzene rings is 2. The van der Waals surface area contributed by atoms with Gasteiger partial charge in [-0.15, -0.1) is 0 Å². The van der Waals surface area contributed by atoms with Gasteiger partial charge in [-0.2, -0.15) is 0 Å². The molecule has 2 aromatic carbocycles. The van der Waals surface area contributed by atoms with Crippen LogP contribution in [0.3, 0.4) is 0 Å². The van der Waals surface area contributed by atoms with Crippen molar-refractivity contribution in [1.82, 2.24) is 10.2 Å². The molecule has 1 N–H and O–H groups in total. The Hall–Kier alpha value is -2.57. The fourth-order valence-corrected chi connectivity index (χ4v) is 4.58. The summed E-state index contributed by atoms with van der Waals surface area (Å²) in [6, 6.07) is 14.4. The monoisotopic (exact) mass is 437 g/mol. The van der Waals surface area contributed by atoms with E-state index in [9.17, 15) is 4.79 Å². The highest BCUT2D eigenvalue weighted by Gasteiger charge is 2.24. The van der Waals surface area contributed by atoms with Gasteiger partial charge >= 0.3 is 0 Å². The number of nitrogens with one attached hydrogen (secondary N) is 1. The Morgan fingerprint density at radius 1 is 1.12 bits per heavy atom. The molecule has 1 atom stereocenters. The Bertz CT molecular complexity index is 892. The van der Waals surface area contributed by atoms with Crippen molar-refractivity contribution in [3.05, 3.63) is 59.2 Å². The Morgan fingerprint density at radius 3 is 2.62 bits per heavy atom. The van der Waals surface area contributed by atoms with Crippen LogP contribution >= 0.6 is 0 Å². The van der Waals surface area contributed by atoms with E-state index >= 15 is 0 Å². The maximum atomic E-state index is 12.3. The van der Waals surface area contributed by atoms with Crippen LogP contribution in [-0.2, 0) is 11.2 Å². The van der Waals surface area contributed by atoms with Gasteiger partial charge in [0, 0.05) is 50.5 Å². The number of fused-ring (bicyclic) bond motifs is 1. The third-order valence-corrected chi connectivity index (χ3v) is 6.50. The second-order valence-corrected chi connectivity index (χ2v) is 8.59. The van der Waals surface area contributed by atoms with Crippen molar-refractivity contribution in [3.8, 4) is 5.75 Å². The van der Waals surface area contributed by atoms with Gasteiger partial charge in [0.25, 0.3) is 5.91 Å². The van der Waals surface area contributed by atoms with Gasteiger partial charge in [-0.3, -0.25) is 9.69 Å². The fourth-order valence-electron chi connectivity index (χ4n) is 4.58. The molecule has 0 aromatic heterocycles. The number of anilines is 1. The maximum absolute atomic E-state index is 12.3. The summed E-state index contributed by atoms with van der Waals surface area (Å²) in [7, 11) is 1.70. The lowest BCUT2D eigenvalue weighted by atomic mass is 9.93. The lowest BCUT2D eigenvalue weighted by Gasteiger charge is -2.37. The van der Waals surface area contributed by atoms with Crippen molar-refractivity contribution in [2.45, 2.75) is 32.3 Å². The number of methoxy groups -OCH3 is 1. The predicted molar refractivity (Wildman–Crippen MR) is 128 cm³/mol. The summed E-state index contributed by atoms with van der Waals surface area (Å²) in [6.45, 7) is 8.71. The average molecular weight is 438 g/mol. The molecule has 0 bridgehead atoms. The van der Waals surface area contributed by atoms with E-state index in [0.29, 0.717) is 6.54 Å². The van der Waals surface area contributed by atoms with Crippen LogP contribution in [0.4, 0.5) is 5.69 Å². The van der Waals surface area contributed by atoms with Crippen LogP contribution in [0, 0.1) is 0 Å². The molecule has 1 fully saturated rings. The Morgan fingerprint density at radius 2 is 1.91 bits per heavy atom. The van der Waals surface area contributed by atoms with Crippen LogP contribution in [0.25, 0.3) is 0 Å². The van der Waals surface area contributed by atoms with E-state index in [1.165, 1.54) is 16.8 Å². The van der Waals surface area contributed by atoms with Crippen LogP contribution in [0.1, 0.15) is 47.4 Å². The number of ether oxygens (including phenoxy) is 2. The molecule has 32 heavy (non-hydrogen) atoms. The SMILES string of the molecule is CCCNC(=O)c1ccc2c(c1)CCOC2CCN1CCN(c2ccc(OC)cc2)CC1. The van der Waals surface area contributed by atoms with Gasteiger partial charge in [-0.25, -0.2) is 0 Å². The predicted octanol–water partition coefficient (Wildman–Crippen LogP) is 3.66. The summed E-state index contributed by atoms with van der Waals surface area (Å²) in [6.07, 6.45) is 2.92. The molecule has 6 heteroatoms. The first-order valence-electron chi connectivity index (χ1n) is 11.8. The van der Waals surface area contributed by atoms with Gasteiger partial charge in [0.1, 0.15) is 5.75 Å². The van der Waals surface area contributed by atoms with E-state index in [1.807, 2.05) is 18.2 Å². The molecule has 6 nitrogen and oxygen atoms in total. The molecular weight excluding hydrogens is 402 g/mol. The molecular formula is C26H35N3O3. The largest absolute Gasteiger partial charge is 0.497 e. The maximum Gasteiger partial charge on any atom is 0.251 e. The molecule has 0 radical (unpaired) electrons. The summed E-state index contributed by atoms with van der Waals surface area (Å²) in [5.74, 6) is 0.918.